The van der Waals surface area contributed by atoms with Gasteiger partial charge >= 0.3 is 0 Å². The molecule has 4 rings (SSSR count). The Kier molecular flexibility index (Phi) is 4.93. The fourth-order valence-electron chi connectivity index (χ4n) is 3.36. The van der Waals surface area contributed by atoms with Gasteiger partial charge in [0.25, 0.3) is 0 Å². The highest BCUT2D eigenvalue weighted by Crippen LogP contribution is 2.30. The summed E-state index contributed by atoms with van der Waals surface area (Å²) in [6.07, 6.45) is 5.63. The van der Waals surface area contributed by atoms with Crippen molar-refractivity contribution in [3.63, 3.8) is 0 Å². The summed E-state index contributed by atoms with van der Waals surface area (Å²) in [5, 5.41) is 6.53. The third-order valence-corrected chi connectivity index (χ3v) is 7.03. The number of aromatic nitrogens is 2. The van der Waals surface area contributed by atoms with Crippen molar-refractivity contribution in [2.75, 3.05) is 0 Å². The maximum Gasteiger partial charge on any atom is 0.244 e. The van der Waals surface area contributed by atoms with Gasteiger partial charge in [-0.15, -0.1) is 11.3 Å². The van der Waals surface area contributed by atoms with E-state index in [-0.39, 0.29) is 10.9 Å². The van der Waals surface area contributed by atoms with Crippen LogP contribution in [0.1, 0.15) is 31.2 Å². The molecule has 0 spiro atoms. The molecule has 0 atom stereocenters. The molecule has 1 aliphatic carbocycles. The fourth-order valence-corrected chi connectivity index (χ4v) is 5.62. The summed E-state index contributed by atoms with van der Waals surface area (Å²) in [5.41, 5.74) is 1.61. The average Bonchev–Trinajstić information content (AvgIpc) is 3.36. The zero-order valence-corrected chi connectivity index (χ0v) is 16.0. The van der Waals surface area contributed by atoms with E-state index in [1.807, 2.05) is 47.8 Å². The van der Waals surface area contributed by atoms with Crippen LogP contribution in [0, 0.1) is 0 Å². The predicted octanol–water partition coefficient (Wildman–Crippen LogP) is 3.88. The first-order valence-corrected chi connectivity index (χ1v) is 11.2. The van der Waals surface area contributed by atoms with Gasteiger partial charge in [0.2, 0.25) is 10.0 Å². The third-order valence-electron chi connectivity index (χ3n) is 4.64. The molecule has 1 fully saturated rings. The number of benzene rings is 1. The molecular weight excluding hydrogens is 366 g/mol. The van der Waals surface area contributed by atoms with E-state index in [1.54, 1.807) is 10.9 Å². The lowest BCUT2D eigenvalue weighted by atomic mass is 10.2. The van der Waals surface area contributed by atoms with Crippen LogP contribution in [0.5, 0.6) is 0 Å². The first-order chi connectivity index (χ1) is 12.6. The van der Waals surface area contributed by atoms with Gasteiger partial charge in [-0.1, -0.05) is 49.2 Å². The summed E-state index contributed by atoms with van der Waals surface area (Å²) < 4.78 is 30.6. The van der Waals surface area contributed by atoms with Crippen LogP contribution in [-0.2, 0) is 16.6 Å². The third kappa shape index (κ3) is 3.75. The van der Waals surface area contributed by atoms with E-state index >= 15 is 0 Å². The average molecular weight is 388 g/mol. The van der Waals surface area contributed by atoms with Crippen molar-refractivity contribution in [2.45, 2.75) is 43.2 Å². The van der Waals surface area contributed by atoms with Gasteiger partial charge in [-0.3, -0.25) is 4.68 Å². The molecule has 26 heavy (non-hydrogen) atoms. The Morgan fingerprint density at radius 3 is 2.58 bits per heavy atom. The molecule has 2 heterocycles. The zero-order valence-electron chi connectivity index (χ0n) is 14.3. The second-order valence-electron chi connectivity index (χ2n) is 6.61. The largest absolute Gasteiger partial charge is 0.266 e. The molecule has 0 aliphatic heterocycles. The van der Waals surface area contributed by atoms with Crippen molar-refractivity contribution in [3.8, 4) is 10.6 Å². The van der Waals surface area contributed by atoms with Crippen molar-refractivity contribution < 1.29 is 8.42 Å². The smallest absolute Gasteiger partial charge is 0.244 e. The van der Waals surface area contributed by atoms with Gasteiger partial charge in [0.15, 0.2) is 0 Å². The monoisotopic (exact) mass is 387 g/mol. The van der Waals surface area contributed by atoms with Crippen LogP contribution in [-0.4, -0.2) is 24.2 Å². The first-order valence-electron chi connectivity index (χ1n) is 8.79. The number of hydrogen-bond acceptors (Lipinski definition) is 4. The predicted molar refractivity (Wildman–Crippen MR) is 104 cm³/mol. The topological polar surface area (TPSA) is 64.0 Å². The highest BCUT2D eigenvalue weighted by Gasteiger charge is 2.28. The number of rotatable bonds is 6. The van der Waals surface area contributed by atoms with Crippen molar-refractivity contribution in [1.29, 1.82) is 0 Å². The molecular formula is C19H21N3O2S2. The summed E-state index contributed by atoms with van der Waals surface area (Å²) in [6.45, 7) is 0.540. The molecule has 136 valence electrons. The van der Waals surface area contributed by atoms with Crippen LogP contribution in [0.15, 0.2) is 58.9 Å². The molecule has 1 saturated carbocycles. The minimum absolute atomic E-state index is 0.0358. The van der Waals surface area contributed by atoms with Gasteiger partial charge in [-0.05, 0) is 29.9 Å². The number of nitrogens with zero attached hydrogens (tertiary/aromatic N) is 2. The molecule has 0 radical (unpaired) electrons. The van der Waals surface area contributed by atoms with Crippen LogP contribution >= 0.6 is 11.3 Å². The van der Waals surface area contributed by atoms with Crippen LogP contribution < -0.4 is 4.72 Å². The standard InChI is InChI=1S/C19H21N3O2S2/c23-26(24,21-16-9-4-5-10-16)18-14-22(13-15-7-2-1-3-8-15)20-19(18)17-11-6-12-25-17/h1-3,6-8,11-12,14,16,21H,4-5,9-10,13H2. The summed E-state index contributed by atoms with van der Waals surface area (Å²) in [4.78, 5) is 1.13. The van der Waals surface area contributed by atoms with Crippen LogP contribution in [0.3, 0.4) is 0 Å². The molecule has 0 saturated heterocycles. The van der Waals surface area contributed by atoms with Crippen LogP contribution in [0.25, 0.3) is 10.6 Å². The number of thiophene rings is 1. The molecule has 0 bridgehead atoms. The number of hydrogen-bond donors (Lipinski definition) is 1. The van der Waals surface area contributed by atoms with E-state index in [0.29, 0.717) is 12.2 Å². The summed E-state index contributed by atoms with van der Waals surface area (Å²) >= 11 is 1.50. The first kappa shape index (κ1) is 17.5. The normalized spacial score (nSPS) is 15.5. The van der Waals surface area contributed by atoms with E-state index in [4.69, 9.17) is 0 Å². The lowest BCUT2D eigenvalue weighted by Gasteiger charge is -2.11. The molecule has 1 aliphatic rings. The van der Waals surface area contributed by atoms with E-state index in [2.05, 4.69) is 9.82 Å². The second-order valence-corrected chi connectivity index (χ2v) is 9.24. The molecule has 2 aromatic heterocycles. The molecule has 1 N–H and O–H groups in total. The van der Waals surface area contributed by atoms with Crippen LogP contribution in [0.2, 0.25) is 0 Å². The minimum atomic E-state index is -3.60. The van der Waals surface area contributed by atoms with E-state index in [0.717, 1.165) is 36.1 Å². The Balaban J connectivity index is 1.69. The molecule has 3 aromatic rings. The van der Waals surface area contributed by atoms with Gasteiger partial charge in [0.1, 0.15) is 10.6 Å². The molecule has 1 aromatic carbocycles. The van der Waals surface area contributed by atoms with E-state index in [9.17, 15) is 8.42 Å². The maximum absolute atomic E-state index is 13.0. The summed E-state index contributed by atoms with van der Waals surface area (Å²) in [7, 11) is -3.60. The highest BCUT2D eigenvalue weighted by molar-refractivity contribution is 7.89. The minimum Gasteiger partial charge on any atom is -0.266 e. The molecule has 5 nitrogen and oxygen atoms in total. The van der Waals surface area contributed by atoms with Crippen molar-refractivity contribution in [1.82, 2.24) is 14.5 Å². The Morgan fingerprint density at radius 1 is 1.12 bits per heavy atom. The lowest BCUT2D eigenvalue weighted by Crippen LogP contribution is -2.32. The van der Waals surface area contributed by atoms with Gasteiger partial charge < -0.3 is 0 Å². The molecule has 0 unspecified atom stereocenters. The van der Waals surface area contributed by atoms with Crippen molar-refractivity contribution >= 4 is 21.4 Å². The van der Waals surface area contributed by atoms with Crippen molar-refractivity contribution in [2.24, 2.45) is 0 Å². The fraction of sp³-hybridized carbons (Fsp3) is 0.316. The SMILES string of the molecule is O=S(=O)(NC1CCCC1)c1cn(Cc2ccccc2)nc1-c1cccs1. The van der Waals surface area contributed by atoms with Gasteiger partial charge in [-0.25, -0.2) is 13.1 Å². The quantitative estimate of drug-likeness (QED) is 0.698. The summed E-state index contributed by atoms with van der Waals surface area (Å²) in [5.74, 6) is 0. The Labute approximate surface area is 157 Å². The van der Waals surface area contributed by atoms with E-state index in [1.165, 1.54) is 11.3 Å². The van der Waals surface area contributed by atoms with Gasteiger partial charge in [0.05, 0.1) is 11.4 Å². The summed E-state index contributed by atoms with van der Waals surface area (Å²) in [6, 6.07) is 13.8. The zero-order chi connectivity index (χ0) is 18.0. The number of nitrogens with one attached hydrogen (secondary N) is 1. The van der Waals surface area contributed by atoms with Gasteiger partial charge in [-0.2, -0.15) is 5.10 Å². The van der Waals surface area contributed by atoms with Crippen LogP contribution in [0.4, 0.5) is 0 Å². The van der Waals surface area contributed by atoms with Crippen molar-refractivity contribution in [3.05, 3.63) is 59.6 Å². The number of sulfonamides is 1. The Bertz CT molecular complexity index is 958. The van der Waals surface area contributed by atoms with Gasteiger partial charge in [0, 0.05) is 12.2 Å². The molecule has 0 amide bonds. The lowest BCUT2D eigenvalue weighted by molar-refractivity contribution is 0.552. The Hall–Kier alpha value is -1.96. The molecule has 7 heteroatoms. The highest BCUT2D eigenvalue weighted by atomic mass is 32.2. The second kappa shape index (κ2) is 7.34. The van der Waals surface area contributed by atoms with E-state index < -0.39 is 10.0 Å². The maximum atomic E-state index is 13.0. The Morgan fingerprint density at radius 2 is 1.88 bits per heavy atom.